The second-order valence-electron chi connectivity index (χ2n) is 7.91. The molecule has 0 spiro atoms. The average molecular weight is 331 g/mol. The minimum absolute atomic E-state index is 0.508. The van der Waals surface area contributed by atoms with Crippen LogP contribution in [0.4, 0.5) is 0 Å². The van der Waals surface area contributed by atoms with Crippen molar-refractivity contribution in [1.82, 2.24) is 14.8 Å². The van der Waals surface area contributed by atoms with E-state index in [1.807, 2.05) is 12.3 Å². The summed E-state index contributed by atoms with van der Waals surface area (Å²) in [4.78, 5) is 9.58. The lowest BCUT2D eigenvalue weighted by molar-refractivity contribution is -0.0372. The van der Waals surface area contributed by atoms with Crippen molar-refractivity contribution >= 4 is 0 Å². The van der Waals surface area contributed by atoms with Crippen LogP contribution in [0.25, 0.3) is 0 Å². The number of nitrogens with zero attached hydrogens (tertiary/aromatic N) is 3. The summed E-state index contributed by atoms with van der Waals surface area (Å²) in [5, 5.41) is 19.8. The lowest BCUT2D eigenvalue weighted by atomic mass is 9.79. The third-order valence-electron chi connectivity index (χ3n) is 6.32. The molecule has 5 heteroatoms. The third kappa shape index (κ3) is 3.49. The van der Waals surface area contributed by atoms with E-state index in [2.05, 4.69) is 26.9 Å². The number of hydrogen-bond donors (Lipinski definition) is 2. The summed E-state index contributed by atoms with van der Waals surface area (Å²) in [5.41, 5.74) is 1.16. The van der Waals surface area contributed by atoms with E-state index < -0.39 is 12.2 Å². The van der Waals surface area contributed by atoms with E-state index in [0.29, 0.717) is 17.9 Å². The second-order valence-corrected chi connectivity index (χ2v) is 7.91. The standard InChI is InChI=1S/C19H29N3O2/c23-18-9-14-11-22(12-15(14)10-19(18)24)17-4-7-21(8-5-17)13-16-3-1-2-6-20-16/h1-3,6,14-15,17-19,23-24H,4-5,7-13H2/t14-,15+,18+,19-. The quantitative estimate of drug-likeness (QED) is 0.869. The molecule has 1 saturated carbocycles. The van der Waals surface area contributed by atoms with Gasteiger partial charge in [-0.15, -0.1) is 0 Å². The van der Waals surface area contributed by atoms with Crippen LogP contribution >= 0.6 is 0 Å². The van der Waals surface area contributed by atoms with Crippen LogP contribution in [0.1, 0.15) is 31.4 Å². The molecule has 24 heavy (non-hydrogen) atoms. The molecule has 1 aliphatic carbocycles. The van der Waals surface area contributed by atoms with E-state index in [-0.39, 0.29) is 0 Å². The van der Waals surface area contributed by atoms with Gasteiger partial charge in [0.2, 0.25) is 0 Å². The Morgan fingerprint density at radius 2 is 1.67 bits per heavy atom. The van der Waals surface area contributed by atoms with Gasteiger partial charge in [-0.05, 0) is 49.7 Å². The van der Waals surface area contributed by atoms with Crippen LogP contribution in [-0.2, 0) is 6.54 Å². The number of aliphatic hydroxyl groups is 2. The number of likely N-dealkylation sites (tertiary alicyclic amines) is 2. The first kappa shape index (κ1) is 16.5. The minimum Gasteiger partial charge on any atom is -0.390 e. The zero-order valence-electron chi connectivity index (χ0n) is 14.3. The lowest BCUT2D eigenvalue weighted by Crippen LogP contribution is -2.44. The SMILES string of the molecule is O[C@@H]1C[C@H]2CN(C3CCN(Cc4ccccn4)CC3)C[C@H]2C[C@@H]1O. The van der Waals surface area contributed by atoms with Crippen molar-refractivity contribution in [1.29, 1.82) is 0 Å². The fraction of sp³-hybridized carbons (Fsp3) is 0.737. The lowest BCUT2D eigenvalue weighted by Gasteiger charge is -2.36. The molecule has 1 aromatic heterocycles. The molecule has 0 amide bonds. The summed E-state index contributed by atoms with van der Waals surface area (Å²) in [7, 11) is 0. The topological polar surface area (TPSA) is 59.8 Å². The van der Waals surface area contributed by atoms with E-state index in [1.165, 1.54) is 12.8 Å². The number of pyridine rings is 1. The molecule has 3 heterocycles. The van der Waals surface area contributed by atoms with E-state index in [4.69, 9.17) is 0 Å². The largest absolute Gasteiger partial charge is 0.390 e. The first-order valence-corrected chi connectivity index (χ1v) is 9.41. The van der Waals surface area contributed by atoms with Crippen LogP contribution in [0.15, 0.2) is 24.4 Å². The molecule has 4 rings (SSSR count). The van der Waals surface area contributed by atoms with Gasteiger partial charge in [0.15, 0.2) is 0 Å². The maximum atomic E-state index is 9.92. The fourth-order valence-electron chi connectivity index (χ4n) is 4.91. The molecule has 4 atom stereocenters. The van der Waals surface area contributed by atoms with Gasteiger partial charge < -0.3 is 10.2 Å². The Morgan fingerprint density at radius 1 is 1.00 bits per heavy atom. The molecule has 0 radical (unpaired) electrons. The third-order valence-corrected chi connectivity index (χ3v) is 6.32. The van der Waals surface area contributed by atoms with Gasteiger partial charge in [-0.2, -0.15) is 0 Å². The Balaban J connectivity index is 1.28. The predicted octanol–water partition coefficient (Wildman–Crippen LogP) is 1.11. The van der Waals surface area contributed by atoms with E-state index in [0.717, 1.165) is 51.3 Å². The molecular weight excluding hydrogens is 302 g/mol. The van der Waals surface area contributed by atoms with E-state index in [1.54, 1.807) is 0 Å². The maximum Gasteiger partial charge on any atom is 0.0802 e. The summed E-state index contributed by atoms with van der Waals surface area (Å²) < 4.78 is 0. The molecular formula is C19H29N3O2. The highest BCUT2D eigenvalue weighted by Gasteiger charge is 2.43. The molecule has 2 N–H and O–H groups in total. The summed E-state index contributed by atoms with van der Waals surface area (Å²) in [5.74, 6) is 1.16. The highest BCUT2D eigenvalue weighted by atomic mass is 16.3. The van der Waals surface area contributed by atoms with Gasteiger partial charge in [0.1, 0.15) is 0 Å². The van der Waals surface area contributed by atoms with Crippen LogP contribution in [-0.4, -0.2) is 69.4 Å². The van der Waals surface area contributed by atoms with Crippen LogP contribution in [0.3, 0.4) is 0 Å². The number of fused-ring (bicyclic) bond motifs is 1. The van der Waals surface area contributed by atoms with Crippen molar-refractivity contribution in [2.75, 3.05) is 26.2 Å². The summed E-state index contributed by atoms with van der Waals surface area (Å²) >= 11 is 0. The van der Waals surface area contributed by atoms with Crippen molar-refractivity contribution in [3.63, 3.8) is 0 Å². The maximum absolute atomic E-state index is 9.92. The molecule has 1 aromatic rings. The molecule has 0 unspecified atom stereocenters. The number of aliphatic hydroxyl groups excluding tert-OH is 2. The van der Waals surface area contributed by atoms with Gasteiger partial charge in [-0.25, -0.2) is 0 Å². The van der Waals surface area contributed by atoms with Crippen molar-refractivity contribution < 1.29 is 10.2 Å². The molecule has 3 aliphatic rings. The summed E-state index contributed by atoms with van der Waals surface area (Å²) in [6.07, 6.45) is 4.85. The molecule has 3 fully saturated rings. The van der Waals surface area contributed by atoms with Gasteiger partial charge in [-0.3, -0.25) is 14.8 Å². The second kappa shape index (κ2) is 7.08. The zero-order valence-corrected chi connectivity index (χ0v) is 14.3. The van der Waals surface area contributed by atoms with Crippen molar-refractivity contribution in [3.05, 3.63) is 30.1 Å². The van der Waals surface area contributed by atoms with E-state index in [9.17, 15) is 10.2 Å². The molecule has 0 aromatic carbocycles. The minimum atomic E-state index is -0.508. The van der Waals surface area contributed by atoms with Crippen molar-refractivity contribution in [3.8, 4) is 0 Å². The van der Waals surface area contributed by atoms with Crippen molar-refractivity contribution in [2.45, 2.75) is 50.5 Å². The van der Waals surface area contributed by atoms with Crippen LogP contribution in [0.2, 0.25) is 0 Å². The number of hydrogen-bond acceptors (Lipinski definition) is 5. The van der Waals surface area contributed by atoms with Gasteiger partial charge >= 0.3 is 0 Å². The number of aromatic nitrogens is 1. The number of piperidine rings is 1. The van der Waals surface area contributed by atoms with Gasteiger partial charge in [0.05, 0.1) is 17.9 Å². The molecule has 5 nitrogen and oxygen atoms in total. The zero-order chi connectivity index (χ0) is 16.5. The predicted molar refractivity (Wildman–Crippen MR) is 92.3 cm³/mol. The fourth-order valence-corrected chi connectivity index (χ4v) is 4.91. The highest BCUT2D eigenvalue weighted by molar-refractivity contribution is 5.03. The van der Waals surface area contributed by atoms with Gasteiger partial charge in [-0.1, -0.05) is 6.07 Å². The van der Waals surface area contributed by atoms with E-state index >= 15 is 0 Å². The normalized spacial score (nSPS) is 35.9. The monoisotopic (exact) mass is 331 g/mol. The Morgan fingerprint density at radius 3 is 2.25 bits per heavy atom. The Bertz CT molecular complexity index is 515. The first-order valence-electron chi connectivity index (χ1n) is 9.41. The van der Waals surface area contributed by atoms with Crippen molar-refractivity contribution in [2.24, 2.45) is 11.8 Å². The molecule has 2 saturated heterocycles. The van der Waals surface area contributed by atoms with Crippen LogP contribution in [0.5, 0.6) is 0 Å². The van der Waals surface area contributed by atoms with Gasteiger partial charge in [0.25, 0.3) is 0 Å². The van der Waals surface area contributed by atoms with Crippen LogP contribution in [0, 0.1) is 11.8 Å². The van der Waals surface area contributed by atoms with Gasteiger partial charge in [0, 0.05) is 45.0 Å². The molecule has 132 valence electrons. The smallest absolute Gasteiger partial charge is 0.0802 e. The first-order chi connectivity index (χ1) is 11.7. The molecule has 0 bridgehead atoms. The molecule has 2 aliphatic heterocycles. The summed E-state index contributed by atoms with van der Waals surface area (Å²) in [6.45, 7) is 5.45. The summed E-state index contributed by atoms with van der Waals surface area (Å²) in [6, 6.07) is 6.80. The average Bonchev–Trinajstić information content (AvgIpc) is 2.99. The Hall–Kier alpha value is -1.01. The Kier molecular flexibility index (Phi) is 4.86. The van der Waals surface area contributed by atoms with Crippen LogP contribution < -0.4 is 0 Å². The highest BCUT2D eigenvalue weighted by Crippen LogP contribution is 2.38. The Labute approximate surface area is 144 Å². The number of rotatable bonds is 3.